The van der Waals surface area contributed by atoms with Crippen molar-refractivity contribution in [2.75, 3.05) is 20.3 Å². The van der Waals surface area contributed by atoms with Crippen LogP contribution in [0.1, 0.15) is 5.56 Å². The molecule has 0 aliphatic carbocycles. The number of fused-ring (bicyclic) bond motifs is 1. The zero-order valence-electron chi connectivity index (χ0n) is 13.3. The van der Waals surface area contributed by atoms with Gasteiger partial charge in [-0.15, -0.1) is 0 Å². The van der Waals surface area contributed by atoms with E-state index in [4.69, 9.17) is 14.2 Å². The van der Waals surface area contributed by atoms with Crippen molar-refractivity contribution in [1.82, 2.24) is 5.32 Å². The van der Waals surface area contributed by atoms with Crippen LogP contribution in [0.25, 0.3) is 0 Å². The van der Waals surface area contributed by atoms with Gasteiger partial charge in [-0.05, 0) is 29.8 Å². The number of methoxy groups -OCH3 is 1. The van der Waals surface area contributed by atoms with Crippen molar-refractivity contribution < 1.29 is 23.4 Å². The van der Waals surface area contributed by atoms with E-state index in [9.17, 15) is 9.18 Å². The topological polar surface area (TPSA) is 56.8 Å². The summed E-state index contributed by atoms with van der Waals surface area (Å²) in [6.45, 7) is 0.695. The lowest BCUT2D eigenvalue weighted by atomic mass is 10.1. The maximum absolute atomic E-state index is 13.6. The van der Waals surface area contributed by atoms with Crippen molar-refractivity contribution in [3.8, 4) is 17.2 Å². The Labute approximate surface area is 139 Å². The van der Waals surface area contributed by atoms with E-state index in [1.54, 1.807) is 6.07 Å². The molecule has 0 saturated carbocycles. The Hall–Kier alpha value is -2.76. The van der Waals surface area contributed by atoms with Gasteiger partial charge in [-0.1, -0.05) is 18.2 Å². The van der Waals surface area contributed by atoms with E-state index in [1.165, 1.54) is 19.2 Å². The second-order valence-corrected chi connectivity index (χ2v) is 5.45. The molecule has 1 unspecified atom stereocenters. The first kappa shape index (κ1) is 16.1. The Balaban J connectivity index is 1.50. The van der Waals surface area contributed by atoms with Crippen LogP contribution in [0, 0.1) is 5.82 Å². The van der Waals surface area contributed by atoms with Gasteiger partial charge in [0.15, 0.2) is 23.1 Å². The number of para-hydroxylation sites is 2. The minimum atomic E-state index is -0.483. The molecule has 0 bridgehead atoms. The van der Waals surface area contributed by atoms with Gasteiger partial charge in [0.1, 0.15) is 12.7 Å². The number of carbonyl (C=O) groups excluding carboxylic acids is 1. The lowest BCUT2D eigenvalue weighted by Gasteiger charge is -2.26. The Morgan fingerprint density at radius 2 is 2.08 bits per heavy atom. The maximum Gasteiger partial charge on any atom is 0.224 e. The summed E-state index contributed by atoms with van der Waals surface area (Å²) >= 11 is 0. The Bertz CT molecular complexity index is 735. The van der Waals surface area contributed by atoms with Gasteiger partial charge in [0.2, 0.25) is 5.91 Å². The van der Waals surface area contributed by atoms with E-state index in [2.05, 4.69) is 5.32 Å². The zero-order chi connectivity index (χ0) is 16.9. The van der Waals surface area contributed by atoms with Crippen LogP contribution in [-0.4, -0.2) is 32.3 Å². The van der Waals surface area contributed by atoms with E-state index >= 15 is 0 Å². The zero-order valence-corrected chi connectivity index (χ0v) is 13.3. The molecule has 0 fully saturated rings. The molecule has 24 heavy (non-hydrogen) atoms. The number of hydrogen-bond donors (Lipinski definition) is 1. The summed E-state index contributed by atoms with van der Waals surface area (Å²) < 4.78 is 29.8. The van der Waals surface area contributed by atoms with E-state index in [1.807, 2.05) is 24.3 Å². The number of benzene rings is 2. The first-order valence-corrected chi connectivity index (χ1v) is 7.63. The van der Waals surface area contributed by atoms with Crippen molar-refractivity contribution in [3.63, 3.8) is 0 Å². The number of halogens is 1. The molecule has 126 valence electrons. The molecule has 0 saturated heterocycles. The molecule has 0 aromatic heterocycles. The Morgan fingerprint density at radius 3 is 2.83 bits per heavy atom. The summed E-state index contributed by atoms with van der Waals surface area (Å²) in [5.41, 5.74) is 0.581. The Morgan fingerprint density at radius 1 is 1.29 bits per heavy atom. The van der Waals surface area contributed by atoms with Crippen LogP contribution in [0.2, 0.25) is 0 Å². The van der Waals surface area contributed by atoms with E-state index < -0.39 is 5.82 Å². The molecule has 1 atom stereocenters. The van der Waals surface area contributed by atoms with Gasteiger partial charge >= 0.3 is 0 Å². The SMILES string of the molecule is COc1ccc(CC(=O)NCC2COc3ccccc3O2)cc1F. The summed E-state index contributed by atoms with van der Waals surface area (Å²) in [4.78, 5) is 12.0. The third kappa shape index (κ3) is 3.76. The van der Waals surface area contributed by atoms with Crippen LogP contribution in [0.15, 0.2) is 42.5 Å². The highest BCUT2D eigenvalue weighted by Crippen LogP contribution is 2.30. The van der Waals surface area contributed by atoms with Gasteiger partial charge in [-0.2, -0.15) is 0 Å². The van der Waals surface area contributed by atoms with Crippen LogP contribution in [0.3, 0.4) is 0 Å². The molecule has 0 radical (unpaired) electrons. The standard InChI is InChI=1S/C18H18FNO4/c1-22-15-7-6-12(8-14(15)19)9-18(21)20-10-13-11-23-16-4-2-3-5-17(16)24-13/h2-8,13H,9-11H2,1H3,(H,20,21). The van der Waals surface area contributed by atoms with Crippen molar-refractivity contribution in [2.45, 2.75) is 12.5 Å². The average molecular weight is 331 g/mol. The molecule has 1 amide bonds. The predicted octanol–water partition coefficient (Wildman–Crippen LogP) is 2.33. The molecule has 2 aromatic rings. The third-order valence-electron chi connectivity index (χ3n) is 3.68. The lowest BCUT2D eigenvalue weighted by Crippen LogP contribution is -2.41. The molecule has 5 nitrogen and oxygen atoms in total. The monoisotopic (exact) mass is 331 g/mol. The minimum Gasteiger partial charge on any atom is -0.494 e. The van der Waals surface area contributed by atoms with Crippen LogP contribution >= 0.6 is 0 Å². The fourth-order valence-electron chi connectivity index (χ4n) is 2.46. The second kappa shape index (κ2) is 7.21. The number of hydrogen-bond acceptors (Lipinski definition) is 4. The third-order valence-corrected chi connectivity index (χ3v) is 3.68. The molecular weight excluding hydrogens is 313 g/mol. The van der Waals surface area contributed by atoms with Crippen molar-refractivity contribution in [2.24, 2.45) is 0 Å². The average Bonchev–Trinajstić information content (AvgIpc) is 2.60. The number of amides is 1. The minimum absolute atomic E-state index is 0.0884. The van der Waals surface area contributed by atoms with Gasteiger partial charge < -0.3 is 19.5 Å². The highest BCUT2D eigenvalue weighted by Gasteiger charge is 2.21. The van der Waals surface area contributed by atoms with Gasteiger partial charge in [-0.3, -0.25) is 4.79 Å². The molecule has 0 spiro atoms. The van der Waals surface area contributed by atoms with E-state index in [0.717, 1.165) is 0 Å². The van der Waals surface area contributed by atoms with Gasteiger partial charge in [0, 0.05) is 0 Å². The van der Waals surface area contributed by atoms with Crippen molar-refractivity contribution in [3.05, 3.63) is 53.8 Å². The molecular formula is C18H18FNO4. The molecule has 1 N–H and O–H groups in total. The molecule has 2 aromatic carbocycles. The van der Waals surface area contributed by atoms with Crippen LogP contribution < -0.4 is 19.5 Å². The number of ether oxygens (including phenoxy) is 3. The summed E-state index contributed by atoms with van der Waals surface area (Å²) in [6.07, 6.45) is -0.165. The van der Waals surface area contributed by atoms with Gasteiger partial charge in [0.05, 0.1) is 20.1 Å². The van der Waals surface area contributed by atoms with Crippen LogP contribution in [-0.2, 0) is 11.2 Å². The van der Waals surface area contributed by atoms with Crippen LogP contribution in [0.5, 0.6) is 17.2 Å². The number of nitrogens with one attached hydrogen (secondary N) is 1. The molecule has 3 rings (SSSR count). The quantitative estimate of drug-likeness (QED) is 0.914. The van der Waals surface area contributed by atoms with Gasteiger partial charge in [-0.25, -0.2) is 4.39 Å². The fraction of sp³-hybridized carbons (Fsp3) is 0.278. The normalized spacial score (nSPS) is 15.7. The maximum atomic E-state index is 13.6. The summed E-state index contributed by atoms with van der Waals surface area (Å²) in [5, 5.41) is 2.78. The summed E-state index contributed by atoms with van der Waals surface area (Å²) in [5.74, 6) is 0.838. The largest absolute Gasteiger partial charge is 0.494 e. The molecule has 1 aliphatic heterocycles. The highest BCUT2D eigenvalue weighted by molar-refractivity contribution is 5.78. The number of carbonyl (C=O) groups is 1. The highest BCUT2D eigenvalue weighted by atomic mass is 19.1. The Kier molecular flexibility index (Phi) is 4.84. The van der Waals surface area contributed by atoms with E-state index in [-0.39, 0.29) is 24.2 Å². The number of rotatable bonds is 5. The first-order valence-electron chi connectivity index (χ1n) is 7.63. The summed E-state index contributed by atoms with van der Waals surface area (Å²) in [6, 6.07) is 11.9. The van der Waals surface area contributed by atoms with E-state index in [0.29, 0.717) is 30.2 Å². The first-order chi connectivity index (χ1) is 11.7. The van der Waals surface area contributed by atoms with Crippen molar-refractivity contribution >= 4 is 5.91 Å². The van der Waals surface area contributed by atoms with Gasteiger partial charge in [0.25, 0.3) is 0 Å². The summed E-state index contributed by atoms with van der Waals surface area (Å²) in [7, 11) is 1.40. The fourth-order valence-corrected chi connectivity index (χ4v) is 2.46. The lowest BCUT2D eigenvalue weighted by molar-refractivity contribution is -0.120. The molecule has 6 heteroatoms. The molecule has 1 heterocycles. The molecule has 1 aliphatic rings. The van der Waals surface area contributed by atoms with Crippen LogP contribution in [0.4, 0.5) is 4.39 Å². The predicted molar refractivity (Wildman–Crippen MR) is 86.0 cm³/mol. The smallest absolute Gasteiger partial charge is 0.224 e. The van der Waals surface area contributed by atoms with Crippen molar-refractivity contribution in [1.29, 1.82) is 0 Å². The second-order valence-electron chi connectivity index (χ2n) is 5.45.